The minimum atomic E-state index is -0.530. The highest BCUT2D eigenvalue weighted by Gasteiger charge is 2.41. The Labute approximate surface area is 188 Å². The molecule has 3 rings (SSSR count). The molecule has 0 radical (unpaired) electrons. The molecule has 31 heavy (non-hydrogen) atoms. The minimum absolute atomic E-state index is 0.235. The molecule has 0 saturated heterocycles. The maximum atomic E-state index is 13.6. The lowest BCUT2D eigenvalue weighted by molar-refractivity contribution is 0.132. The monoisotopic (exact) mass is 420 g/mol. The summed E-state index contributed by atoms with van der Waals surface area (Å²) in [6, 6.07) is 20.9. The summed E-state index contributed by atoms with van der Waals surface area (Å²) in [6.07, 6.45) is 7.60. The van der Waals surface area contributed by atoms with Gasteiger partial charge in [-0.25, -0.2) is 4.39 Å². The van der Waals surface area contributed by atoms with Crippen LogP contribution in [0.2, 0.25) is 0 Å². The Bertz CT molecular complexity index is 834. The van der Waals surface area contributed by atoms with Gasteiger partial charge in [-0.3, -0.25) is 4.90 Å². The second-order valence-corrected chi connectivity index (χ2v) is 9.56. The van der Waals surface area contributed by atoms with Crippen LogP contribution >= 0.6 is 0 Å². The first-order valence-electron chi connectivity index (χ1n) is 11.9. The smallest absolute Gasteiger partial charge is 0.123 e. The molecular weight excluding hydrogens is 383 g/mol. The lowest BCUT2D eigenvalue weighted by Gasteiger charge is -2.40. The van der Waals surface area contributed by atoms with Crippen molar-refractivity contribution in [2.45, 2.75) is 89.8 Å². The molecule has 0 amide bonds. The molecule has 0 spiro atoms. The van der Waals surface area contributed by atoms with Gasteiger partial charge in [-0.1, -0.05) is 61.7 Å². The van der Waals surface area contributed by atoms with Gasteiger partial charge in [0.05, 0.1) is 11.5 Å². The van der Waals surface area contributed by atoms with Gasteiger partial charge in [0.25, 0.3) is 0 Å². The van der Waals surface area contributed by atoms with Crippen LogP contribution < -0.4 is 0 Å². The maximum Gasteiger partial charge on any atom is 0.123 e. The minimum Gasteiger partial charge on any atom is -0.294 e. The molecule has 2 aromatic rings. The van der Waals surface area contributed by atoms with E-state index in [1.807, 2.05) is 12.1 Å². The lowest BCUT2D eigenvalue weighted by atomic mass is 9.63. The molecular formula is C28H37FN2. The molecule has 2 aromatic carbocycles. The average Bonchev–Trinajstić information content (AvgIpc) is 2.80. The summed E-state index contributed by atoms with van der Waals surface area (Å²) in [5.41, 5.74) is 1.78. The van der Waals surface area contributed by atoms with Gasteiger partial charge in [0.15, 0.2) is 0 Å². The third kappa shape index (κ3) is 5.74. The van der Waals surface area contributed by atoms with Crippen LogP contribution in [0.3, 0.4) is 0 Å². The summed E-state index contributed by atoms with van der Waals surface area (Å²) < 4.78 is 13.6. The number of nitriles is 1. The topological polar surface area (TPSA) is 27.0 Å². The van der Waals surface area contributed by atoms with Gasteiger partial charge in [-0.15, -0.1) is 0 Å². The van der Waals surface area contributed by atoms with Crippen LogP contribution in [0.1, 0.15) is 76.8 Å². The van der Waals surface area contributed by atoms with E-state index < -0.39 is 5.41 Å². The maximum absolute atomic E-state index is 13.6. The normalized spacial score (nSPS) is 18.0. The third-order valence-corrected chi connectivity index (χ3v) is 7.25. The third-order valence-electron chi connectivity index (χ3n) is 7.25. The molecule has 0 aliphatic heterocycles. The van der Waals surface area contributed by atoms with E-state index in [1.54, 1.807) is 0 Å². The zero-order chi connectivity index (χ0) is 22.3. The molecule has 1 saturated carbocycles. The molecule has 2 nitrogen and oxygen atoms in total. The van der Waals surface area contributed by atoms with Crippen LogP contribution in [0, 0.1) is 23.1 Å². The van der Waals surface area contributed by atoms with Gasteiger partial charge in [-0.2, -0.15) is 5.26 Å². The van der Waals surface area contributed by atoms with E-state index in [-0.39, 0.29) is 5.82 Å². The van der Waals surface area contributed by atoms with E-state index >= 15 is 0 Å². The molecule has 3 heteroatoms. The van der Waals surface area contributed by atoms with E-state index in [1.165, 1.54) is 37.0 Å². The van der Waals surface area contributed by atoms with Crippen molar-refractivity contribution >= 4 is 0 Å². The largest absolute Gasteiger partial charge is 0.294 e. The highest BCUT2D eigenvalue weighted by molar-refractivity contribution is 5.34. The van der Waals surface area contributed by atoms with Gasteiger partial charge in [0, 0.05) is 18.6 Å². The van der Waals surface area contributed by atoms with Crippen LogP contribution in [0.5, 0.6) is 0 Å². The molecule has 0 heterocycles. The number of halogens is 1. The van der Waals surface area contributed by atoms with Gasteiger partial charge < -0.3 is 0 Å². The first-order chi connectivity index (χ1) is 15.0. The summed E-state index contributed by atoms with van der Waals surface area (Å²) in [5.74, 6) is 0.118. The standard InChI is InChI=1S/C28H37FN2/c1-22(2)31(20-24-10-6-4-7-11-24)23(3)18-19-28(21-30,25-12-8-5-9-13-25)26-14-16-27(29)17-15-26/h4,6-7,10-11,14-17,22-23,25H,5,8-9,12-13,18-20H2,1-3H3. The number of rotatable bonds is 9. The van der Waals surface area contributed by atoms with Crippen molar-refractivity contribution in [3.8, 4) is 6.07 Å². The zero-order valence-electron chi connectivity index (χ0n) is 19.4. The highest BCUT2D eigenvalue weighted by atomic mass is 19.1. The molecule has 1 aliphatic rings. The fourth-order valence-electron chi connectivity index (χ4n) is 5.38. The van der Waals surface area contributed by atoms with Crippen molar-refractivity contribution in [1.29, 1.82) is 5.26 Å². The second-order valence-electron chi connectivity index (χ2n) is 9.56. The predicted octanol–water partition coefficient (Wildman–Crippen LogP) is 7.25. The Kier molecular flexibility index (Phi) is 8.27. The van der Waals surface area contributed by atoms with Gasteiger partial charge in [-0.05, 0) is 75.6 Å². The van der Waals surface area contributed by atoms with Crippen molar-refractivity contribution < 1.29 is 4.39 Å². The summed E-state index contributed by atoms with van der Waals surface area (Å²) in [7, 11) is 0. The van der Waals surface area contributed by atoms with Crippen molar-refractivity contribution in [3.05, 3.63) is 71.5 Å². The SMILES string of the molecule is CC(C)N(Cc1ccccc1)C(C)CCC(C#N)(c1ccc(F)cc1)C1CCCCC1. The Balaban J connectivity index is 1.81. The van der Waals surface area contributed by atoms with Crippen LogP contribution in [0.4, 0.5) is 4.39 Å². The molecule has 0 N–H and O–H groups in total. The lowest BCUT2D eigenvalue weighted by Crippen LogP contribution is -2.41. The highest BCUT2D eigenvalue weighted by Crippen LogP contribution is 2.44. The second kappa shape index (κ2) is 10.9. The zero-order valence-corrected chi connectivity index (χ0v) is 19.4. The van der Waals surface area contributed by atoms with E-state index in [0.717, 1.165) is 37.8 Å². The predicted molar refractivity (Wildman–Crippen MR) is 126 cm³/mol. The van der Waals surface area contributed by atoms with Crippen LogP contribution in [0.25, 0.3) is 0 Å². The van der Waals surface area contributed by atoms with E-state index in [2.05, 4.69) is 62.1 Å². The molecule has 166 valence electrons. The Morgan fingerprint density at radius 3 is 2.23 bits per heavy atom. The Morgan fingerprint density at radius 1 is 1.00 bits per heavy atom. The number of hydrogen-bond acceptors (Lipinski definition) is 2. The van der Waals surface area contributed by atoms with Crippen LogP contribution in [-0.4, -0.2) is 17.0 Å². The van der Waals surface area contributed by atoms with Crippen molar-refractivity contribution in [2.75, 3.05) is 0 Å². The van der Waals surface area contributed by atoms with Gasteiger partial charge >= 0.3 is 0 Å². The quantitative estimate of drug-likeness (QED) is 0.427. The molecule has 0 aromatic heterocycles. The van der Waals surface area contributed by atoms with Crippen LogP contribution in [0.15, 0.2) is 54.6 Å². The molecule has 2 unspecified atom stereocenters. The summed E-state index contributed by atoms with van der Waals surface area (Å²) in [4.78, 5) is 2.53. The van der Waals surface area contributed by atoms with E-state index in [4.69, 9.17) is 0 Å². The Morgan fingerprint density at radius 2 is 1.65 bits per heavy atom. The molecule has 1 aliphatic carbocycles. The fourth-order valence-corrected chi connectivity index (χ4v) is 5.38. The number of benzene rings is 2. The van der Waals surface area contributed by atoms with E-state index in [9.17, 15) is 9.65 Å². The first-order valence-corrected chi connectivity index (χ1v) is 11.9. The van der Waals surface area contributed by atoms with Crippen molar-refractivity contribution in [3.63, 3.8) is 0 Å². The average molecular weight is 421 g/mol. The summed E-state index contributed by atoms with van der Waals surface area (Å²) in [5, 5.41) is 10.5. The molecule has 1 fully saturated rings. The van der Waals surface area contributed by atoms with Crippen molar-refractivity contribution in [2.24, 2.45) is 5.92 Å². The van der Waals surface area contributed by atoms with E-state index in [0.29, 0.717) is 18.0 Å². The summed E-state index contributed by atoms with van der Waals surface area (Å²) >= 11 is 0. The summed E-state index contributed by atoms with van der Waals surface area (Å²) in [6.45, 7) is 7.70. The number of nitrogens with zero attached hydrogens (tertiary/aromatic N) is 2. The fraction of sp³-hybridized carbons (Fsp3) is 0.536. The first kappa shape index (κ1) is 23.5. The van der Waals surface area contributed by atoms with Crippen molar-refractivity contribution in [1.82, 2.24) is 4.90 Å². The van der Waals surface area contributed by atoms with Gasteiger partial charge in [0.1, 0.15) is 5.82 Å². The molecule has 0 bridgehead atoms. The molecule has 2 atom stereocenters. The number of hydrogen-bond donors (Lipinski definition) is 0. The van der Waals surface area contributed by atoms with Gasteiger partial charge in [0.2, 0.25) is 0 Å². The van der Waals surface area contributed by atoms with Crippen LogP contribution in [-0.2, 0) is 12.0 Å². The Hall–Kier alpha value is -2.18.